The summed E-state index contributed by atoms with van der Waals surface area (Å²) >= 11 is 0. The normalized spacial score (nSPS) is 16.7. The molecule has 0 aliphatic heterocycles. The zero-order valence-corrected chi connectivity index (χ0v) is 9.72. The highest BCUT2D eigenvalue weighted by molar-refractivity contribution is 5.32. The van der Waals surface area contributed by atoms with Gasteiger partial charge in [0.2, 0.25) is 0 Å². The molecule has 0 atom stereocenters. The van der Waals surface area contributed by atoms with Crippen LogP contribution in [0.5, 0.6) is 0 Å². The lowest BCUT2D eigenvalue weighted by atomic mass is 9.93. The Hall–Kier alpha value is -0.820. The third-order valence-corrected chi connectivity index (χ3v) is 3.20. The van der Waals surface area contributed by atoms with E-state index in [9.17, 15) is 0 Å². The molecule has 0 amide bonds. The highest BCUT2D eigenvalue weighted by Crippen LogP contribution is 2.19. The lowest BCUT2D eigenvalue weighted by Crippen LogP contribution is -2.34. The Morgan fingerprint density at radius 3 is 2.73 bits per heavy atom. The number of nitrogens with one attached hydrogen (secondary N) is 1. The maximum Gasteiger partial charge on any atom is 0.0208 e. The summed E-state index contributed by atoms with van der Waals surface area (Å²) in [4.78, 5) is 0. The molecule has 1 N–H and O–H groups in total. The molecule has 81 valence electrons. The molecule has 15 heavy (non-hydrogen) atoms. The second kappa shape index (κ2) is 4.80. The molecule has 1 aliphatic rings. The molecule has 0 heterocycles. The molecule has 1 aromatic rings. The van der Waals surface area contributed by atoms with E-state index in [1.165, 1.54) is 36.3 Å². The summed E-state index contributed by atoms with van der Waals surface area (Å²) in [6.07, 6.45) is 4.12. The van der Waals surface area contributed by atoms with Crippen molar-refractivity contribution in [1.82, 2.24) is 5.32 Å². The van der Waals surface area contributed by atoms with E-state index in [-0.39, 0.29) is 0 Å². The third kappa shape index (κ3) is 2.82. The summed E-state index contributed by atoms with van der Waals surface area (Å²) in [5, 5.41) is 3.59. The van der Waals surface area contributed by atoms with E-state index in [0.717, 1.165) is 12.6 Å². The van der Waals surface area contributed by atoms with Crippen molar-refractivity contribution in [2.45, 2.75) is 45.7 Å². The van der Waals surface area contributed by atoms with Gasteiger partial charge >= 0.3 is 0 Å². The van der Waals surface area contributed by atoms with Gasteiger partial charge in [-0.2, -0.15) is 0 Å². The van der Waals surface area contributed by atoms with E-state index in [2.05, 4.69) is 43.4 Å². The quantitative estimate of drug-likeness (QED) is 0.790. The Kier molecular flexibility index (Phi) is 3.42. The molecule has 0 saturated heterocycles. The lowest BCUT2D eigenvalue weighted by Gasteiger charge is -2.26. The van der Waals surface area contributed by atoms with Crippen LogP contribution < -0.4 is 5.32 Å². The molecule has 1 aliphatic carbocycles. The van der Waals surface area contributed by atoms with Gasteiger partial charge in [0.05, 0.1) is 0 Å². The van der Waals surface area contributed by atoms with E-state index in [0.29, 0.717) is 0 Å². The Balaban J connectivity index is 1.92. The van der Waals surface area contributed by atoms with Crippen molar-refractivity contribution < 1.29 is 0 Å². The van der Waals surface area contributed by atoms with E-state index in [4.69, 9.17) is 0 Å². The van der Waals surface area contributed by atoms with E-state index < -0.39 is 0 Å². The number of benzene rings is 1. The minimum absolute atomic E-state index is 0.778. The molecule has 1 fully saturated rings. The zero-order chi connectivity index (χ0) is 10.7. The van der Waals surface area contributed by atoms with Gasteiger partial charge in [-0.3, -0.25) is 0 Å². The SMILES string of the molecule is C[C](C)c1cccc(CNC2CCC2)c1. The van der Waals surface area contributed by atoms with Crippen LogP contribution in [0.1, 0.15) is 44.2 Å². The van der Waals surface area contributed by atoms with Crippen molar-refractivity contribution in [1.29, 1.82) is 0 Å². The molecule has 2 rings (SSSR count). The molecule has 1 nitrogen and oxygen atoms in total. The summed E-state index contributed by atoms with van der Waals surface area (Å²) in [5.74, 6) is 1.39. The van der Waals surface area contributed by atoms with Crippen molar-refractivity contribution in [2.24, 2.45) is 0 Å². The summed E-state index contributed by atoms with van der Waals surface area (Å²) in [6, 6.07) is 9.61. The van der Waals surface area contributed by atoms with Gasteiger partial charge in [-0.15, -0.1) is 0 Å². The van der Waals surface area contributed by atoms with E-state index in [1.807, 2.05) is 0 Å². The van der Waals surface area contributed by atoms with Gasteiger partial charge in [0.25, 0.3) is 0 Å². The first-order valence-electron chi connectivity index (χ1n) is 5.88. The molecule has 0 spiro atoms. The zero-order valence-electron chi connectivity index (χ0n) is 9.72. The fraction of sp³-hybridized carbons (Fsp3) is 0.500. The fourth-order valence-electron chi connectivity index (χ4n) is 1.87. The summed E-state index contributed by atoms with van der Waals surface area (Å²) < 4.78 is 0. The van der Waals surface area contributed by atoms with Crippen LogP contribution in [-0.4, -0.2) is 6.04 Å². The minimum Gasteiger partial charge on any atom is -0.310 e. The first-order valence-corrected chi connectivity index (χ1v) is 5.88. The smallest absolute Gasteiger partial charge is 0.0208 e. The highest BCUT2D eigenvalue weighted by atomic mass is 14.9. The lowest BCUT2D eigenvalue weighted by molar-refractivity contribution is 0.338. The number of rotatable bonds is 4. The van der Waals surface area contributed by atoms with Crippen LogP contribution in [-0.2, 0) is 6.54 Å². The Morgan fingerprint density at radius 2 is 2.13 bits per heavy atom. The third-order valence-electron chi connectivity index (χ3n) is 3.20. The maximum atomic E-state index is 3.59. The Bertz CT molecular complexity index is 313. The van der Waals surface area contributed by atoms with Crippen LogP contribution in [0, 0.1) is 5.92 Å². The maximum absolute atomic E-state index is 3.59. The summed E-state index contributed by atoms with van der Waals surface area (Å²) in [6.45, 7) is 5.35. The van der Waals surface area contributed by atoms with Crippen LogP contribution in [0.25, 0.3) is 0 Å². The van der Waals surface area contributed by atoms with Gasteiger partial charge in [-0.05, 0) is 29.9 Å². The topological polar surface area (TPSA) is 12.0 Å². The van der Waals surface area contributed by atoms with Crippen molar-refractivity contribution in [3.05, 3.63) is 41.3 Å². The van der Waals surface area contributed by atoms with Crippen LogP contribution in [0.4, 0.5) is 0 Å². The van der Waals surface area contributed by atoms with Crippen molar-refractivity contribution in [2.75, 3.05) is 0 Å². The van der Waals surface area contributed by atoms with E-state index >= 15 is 0 Å². The molecule has 1 saturated carbocycles. The monoisotopic (exact) mass is 202 g/mol. The molecular weight excluding hydrogens is 182 g/mol. The largest absolute Gasteiger partial charge is 0.310 e. The predicted octanol–water partition coefficient (Wildman–Crippen LogP) is 3.29. The standard InChI is InChI=1S/C14H20N/c1-11(2)13-6-3-5-12(9-13)10-15-14-7-4-8-14/h3,5-6,9,14-15H,4,7-8,10H2,1-2H3. The summed E-state index contributed by atoms with van der Waals surface area (Å²) in [5.41, 5.74) is 2.77. The second-order valence-corrected chi connectivity index (χ2v) is 4.71. The molecule has 0 bridgehead atoms. The van der Waals surface area contributed by atoms with E-state index in [1.54, 1.807) is 0 Å². The number of hydrogen-bond donors (Lipinski definition) is 1. The Morgan fingerprint density at radius 1 is 1.33 bits per heavy atom. The van der Waals surface area contributed by atoms with Crippen LogP contribution >= 0.6 is 0 Å². The molecule has 1 heteroatoms. The number of hydrogen-bond acceptors (Lipinski definition) is 1. The summed E-state index contributed by atoms with van der Waals surface area (Å²) in [7, 11) is 0. The molecule has 0 unspecified atom stereocenters. The van der Waals surface area contributed by atoms with Gasteiger partial charge in [0.15, 0.2) is 0 Å². The second-order valence-electron chi connectivity index (χ2n) is 4.71. The van der Waals surface area contributed by atoms with Gasteiger partial charge in [-0.25, -0.2) is 0 Å². The fourth-order valence-corrected chi connectivity index (χ4v) is 1.87. The first kappa shape index (κ1) is 10.7. The molecular formula is C14H20N. The predicted molar refractivity (Wildman–Crippen MR) is 64.6 cm³/mol. The van der Waals surface area contributed by atoms with Gasteiger partial charge < -0.3 is 5.32 Å². The van der Waals surface area contributed by atoms with Crippen LogP contribution in [0.2, 0.25) is 0 Å². The molecule has 1 aromatic carbocycles. The highest BCUT2D eigenvalue weighted by Gasteiger charge is 2.15. The minimum atomic E-state index is 0.778. The van der Waals surface area contributed by atoms with Crippen molar-refractivity contribution in [3.8, 4) is 0 Å². The van der Waals surface area contributed by atoms with Crippen molar-refractivity contribution in [3.63, 3.8) is 0 Å². The molecule has 1 radical (unpaired) electrons. The van der Waals surface area contributed by atoms with Gasteiger partial charge in [0.1, 0.15) is 0 Å². The molecule has 0 aromatic heterocycles. The van der Waals surface area contributed by atoms with Gasteiger partial charge in [0, 0.05) is 12.6 Å². The first-order chi connectivity index (χ1) is 7.25. The van der Waals surface area contributed by atoms with Crippen LogP contribution in [0.3, 0.4) is 0 Å². The van der Waals surface area contributed by atoms with Gasteiger partial charge in [-0.1, -0.05) is 44.5 Å². The Labute approximate surface area is 92.9 Å². The average Bonchev–Trinajstić information content (AvgIpc) is 2.16. The average molecular weight is 202 g/mol. The van der Waals surface area contributed by atoms with Crippen molar-refractivity contribution >= 4 is 0 Å². The van der Waals surface area contributed by atoms with Crippen LogP contribution in [0.15, 0.2) is 24.3 Å².